The molecule has 0 aromatic heterocycles. The molecule has 0 radical (unpaired) electrons. The maximum Gasteiger partial charge on any atom is -0.0153 e. The first-order valence-electron chi connectivity index (χ1n) is 5.11. The summed E-state index contributed by atoms with van der Waals surface area (Å²) in [4.78, 5) is 0. The van der Waals surface area contributed by atoms with Gasteiger partial charge in [-0.1, -0.05) is 49.4 Å². The maximum absolute atomic E-state index is 4.01. The van der Waals surface area contributed by atoms with E-state index in [1.165, 1.54) is 16.7 Å². The van der Waals surface area contributed by atoms with Crippen LogP contribution >= 0.6 is 0 Å². The Bertz CT molecular complexity index is 356. The van der Waals surface area contributed by atoms with Gasteiger partial charge in [-0.15, -0.1) is 0 Å². The Morgan fingerprint density at radius 2 is 2.14 bits per heavy atom. The maximum atomic E-state index is 4.01. The van der Waals surface area contributed by atoms with Gasteiger partial charge in [0, 0.05) is 0 Å². The van der Waals surface area contributed by atoms with E-state index in [9.17, 15) is 0 Å². The normalized spacial score (nSPS) is 10.8. The van der Waals surface area contributed by atoms with E-state index < -0.39 is 0 Å². The lowest BCUT2D eigenvalue weighted by Crippen LogP contribution is -1.91. The molecule has 0 heteroatoms. The molecule has 1 aromatic carbocycles. The average Bonchev–Trinajstić information content (AvgIpc) is 2.18. The number of hydrogen-bond donors (Lipinski definition) is 0. The monoisotopic (exact) mass is 186 g/mol. The van der Waals surface area contributed by atoms with Crippen LogP contribution in [0.25, 0.3) is 11.6 Å². The molecule has 1 rings (SSSR count). The van der Waals surface area contributed by atoms with Gasteiger partial charge in [-0.2, -0.15) is 0 Å². The summed E-state index contributed by atoms with van der Waals surface area (Å²) in [5.41, 5.74) is 5.12. The van der Waals surface area contributed by atoms with Crippen molar-refractivity contribution in [2.45, 2.75) is 27.2 Å². The van der Waals surface area contributed by atoms with Crippen LogP contribution in [0.3, 0.4) is 0 Å². The molecule has 0 heterocycles. The molecule has 0 aliphatic carbocycles. The Kier molecular flexibility index (Phi) is 3.70. The quantitative estimate of drug-likeness (QED) is 0.659. The number of aryl methyl sites for hydroxylation is 1. The predicted octanol–water partition coefficient (Wildman–Crippen LogP) is 4.32. The van der Waals surface area contributed by atoms with Crippen molar-refractivity contribution in [3.63, 3.8) is 0 Å². The zero-order valence-corrected chi connectivity index (χ0v) is 9.30. The van der Waals surface area contributed by atoms with Crippen LogP contribution in [-0.4, -0.2) is 0 Å². The SMILES string of the molecule is C=C(C)c1cccc(CC)c1/C=C\C. The van der Waals surface area contributed by atoms with Gasteiger partial charge >= 0.3 is 0 Å². The van der Waals surface area contributed by atoms with Gasteiger partial charge in [-0.3, -0.25) is 0 Å². The average molecular weight is 186 g/mol. The van der Waals surface area contributed by atoms with Gasteiger partial charge in [0.2, 0.25) is 0 Å². The first-order chi connectivity index (χ1) is 6.70. The smallest absolute Gasteiger partial charge is 0.0153 e. The number of hydrogen-bond acceptors (Lipinski definition) is 0. The minimum Gasteiger partial charge on any atom is -0.0955 e. The van der Waals surface area contributed by atoms with E-state index in [0.717, 1.165) is 12.0 Å². The fourth-order valence-corrected chi connectivity index (χ4v) is 1.66. The molecule has 1 aromatic rings. The van der Waals surface area contributed by atoms with E-state index in [-0.39, 0.29) is 0 Å². The van der Waals surface area contributed by atoms with Gasteiger partial charge in [0.25, 0.3) is 0 Å². The highest BCUT2D eigenvalue weighted by atomic mass is 14.1. The highest BCUT2D eigenvalue weighted by Gasteiger charge is 2.03. The van der Waals surface area contributed by atoms with Crippen molar-refractivity contribution in [3.8, 4) is 0 Å². The van der Waals surface area contributed by atoms with Crippen molar-refractivity contribution in [2.75, 3.05) is 0 Å². The summed E-state index contributed by atoms with van der Waals surface area (Å²) in [6, 6.07) is 6.43. The van der Waals surface area contributed by atoms with Gasteiger partial charge in [-0.05, 0) is 37.0 Å². The largest absolute Gasteiger partial charge is 0.0955 e. The Morgan fingerprint density at radius 3 is 2.64 bits per heavy atom. The number of allylic oxidation sites excluding steroid dienone is 2. The van der Waals surface area contributed by atoms with Crippen LogP contribution in [0.2, 0.25) is 0 Å². The van der Waals surface area contributed by atoms with Gasteiger partial charge in [-0.25, -0.2) is 0 Å². The number of benzene rings is 1. The molecular weight excluding hydrogens is 168 g/mol. The summed E-state index contributed by atoms with van der Waals surface area (Å²) in [6.07, 6.45) is 5.32. The lowest BCUT2D eigenvalue weighted by atomic mass is 9.95. The van der Waals surface area contributed by atoms with Crippen molar-refractivity contribution in [2.24, 2.45) is 0 Å². The third-order valence-electron chi connectivity index (χ3n) is 2.37. The molecule has 0 bridgehead atoms. The Morgan fingerprint density at radius 1 is 1.43 bits per heavy atom. The van der Waals surface area contributed by atoms with Crippen LogP contribution in [-0.2, 0) is 6.42 Å². The molecule has 0 unspecified atom stereocenters. The molecule has 0 amide bonds. The third kappa shape index (κ3) is 2.14. The zero-order chi connectivity index (χ0) is 10.6. The van der Waals surface area contributed by atoms with Crippen LogP contribution in [0, 0.1) is 0 Å². The fourth-order valence-electron chi connectivity index (χ4n) is 1.66. The molecule has 0 atom stereocenters. The van der Waals surface area contributed by atoms with Gasteiger partial charge in [0.05, 0.1) is 0 Å². The van der Waals surface area contributed by atoms with E-state index in [1.807, 2.05) is 0 Å². The second-order valence-corrected chi connectivity index (χ2v) is 3.51. The standard InChI is InChI=1S/C14H18/c1-5-8-14-12(6-2)9-7-10-13(14)11(3)4/h5,7-10H,3,6H2,1-2,4H3/b8-5-. The molecule has 0 fully saturated rings. The van der Waals surface area contributed by atoms with Crippen LogP contribution in [0.5, 0.6) is 0 Å². The van der Waals surface area contributed by atoms with E-state index in [4.69, 9.17) is 0 Å². The minimum atomic E-state index is 1.07. The molecule has 0 nitrogen and oxygen atoms in total. The predicted molar refractivity (Wildman–Crippen MR) is 65.2 cm³/mol. The molecule has 14 heavy (non-hydrogen) atoms. The van der Waals surface area contributed by atoms with Crippen molar-refractivity contribution in [1.29, 1.82) is 0 Å². The second kappa shape index (κ2) is 4.80. The molecule has 0 aliphatic heterocycles. The van der Waals surface area contributed by atoms with Gasteiger partial charge < -0.3 is 0 Å². The highest BCUT2D eigenvalue weighted by Crippen LogP contribution is 2.22. The molecule has 74 valence electrons. The lowest BCUT2D eigenvalue weighted by molar-refractivity contribution is 1.13. The first kappa shape index (κ1) is 10.8. The van der Waals surface area contributed by atoms with Crippen LogP contribution < -0.4 is 0 Å². The summed E-state index contributed by atoms with van der Waals surface area (Å²) >= 11 is 0. The topological polar surface area (TPSA) is 0 Å². The lowest BCUT2D eigenvalue weighted by Gasteiger charge is -2.10. The molecule has 0 saturated carbocycles. The van der Waals surface area contributed by atoms with E-state index in [1.54, 1.807) is 0 Å². The summed E-state index contributed by atoms with van der Waals surface area (Å²) in [7, 11) is 0. The Balaban J connectivity index is 3.35. The summed E-state index contributed by atoms with van der Waals surface area (Å²) in [5, 5.41) is 0. The molecular formula is C14H18. The number of rotatable bonds is 3. The molecule has 0 aliphatic rings. The molecule has 0 spiro atoms. The minimum absolute atomic E-state index is 1.07. The van der Waals surface area contributed by atoms with Crippen molar-refractivity contribution in [1.82, 2.24) is 0 Å². The zero-order valence-electron chi connectivity index (χ0n) is 9.30. The van der Waals surface area contributed by atoms with Crippen molar-refractivity contribution in [3.05, 3.63) is 47.5 Å². The van der Waals surface area contributed by atoms with E-state index >= 15 is 0 Å². The summed E-state index contributed by atoms with van der Waals surface area (Å²) < 4.78 is 0. The van der Waals surface area contributed by atoms with Gasteiger partial charge in [0.1, 0.15) is 0 Å². The highest BCUT2D eigenvalue weighted by molar-refractivity contribution is 5.73. The molecule has 0 N–H and O–H groups in total. The Labute approximate surface area is 87.0 Å². The van der Waals surface area contributed by atoms with E-state index in [2.05, 4.69) is 57.7 Å². The summed E-state index contributed by atoms with van der Waals surface area (Å²) in [6.45, 7) is 10.3. The van der Waals surface area contributed by atoms with Crippen molar-refractivity contribution < 1.29 is 0 Å². The van der Waals surface area contributed by atoms with E-state index in [0.29, 0.717) is 0 Å². The van der Waals surface area contributed by atoms with Crippen LogP contribution in [0.15, 0.2) is 30.9 Å². The second-order valence-electron chi connectivity index (χ2n) is 3.51. The van der Waals surface area contributed by atoms with Gasteiger partial charge in [0.15, 0.2) is 0 Å². The summed E-state index contributed by atoms with van der Waals surface area (Å²) in [5.74, 6) is 0. The van der Waals surface area contributed by atoms with Crippen LogP contribution in [0.1, 0.15) is 37.5 Å². The van der Waals surface area contributed by atoms with Crippen molar-refractivity contribution >= 4 is 11.6 Å². The molecule has 0 saturated heterocycles. The van der Waals surface area contributed by atoms with Crippen LogP contribution in [0.4, 0.5) is 0 Å². The third-order valence-corrected chi connectivity index (χ3v) is 2.37. The first-order valence-corrected chi connectivity index (χ1v) is 5.11. The fraction of sp³-hybridized carbons (Fsp3) is 0.286. The Hall–Kier alpha value is -1.30.